The van der Waals surface area contributed by atoms with Crippen LogP contribution in [0.15, 0.2) is 0 Å². The molecule has 56 valence electrons. The van der Waals surface area contributed by atoms with Crippen LogP contribution in [-0.4, -0.2) is 24.4 Å². The lowest BCUT2D eigenvalue weighted by Gasteiger charge is -2.08. The third-order valence-electron chi connectivity index (χ3n) is 2.95. The zero-order chi connectivity index (χ0) is 6.55. The van der Waals surface area contributed by atoms with Crippen molar-refractivity contribution < 1.29 is 9.47 Å². The highest BCUT2D eigenvalue weighted by molar-refractivity contribution is 4.94. The quantitative estimate of drug-likeness (QED) is 0.501. The number of hydrogen-bond donors (Lipinski definition) is 0. The Kier molecular flexibility index (Phi) is 0.968. The number of rotatable bonds is 0. The minimum Gasteiger partial charge on any atom is -0.372 e. The second kappa shape index (κ2) is 1.74. The molecule has 2 heteroatoms. The molecule has 0 aromatic heterocycles. The van der Waals surface area contributed by atoms with Crippen LogP contribution >= 0.6 is 0 Å². The molecule has 4 heterocycles. The lowest BCUT2D eigenvalue weighted by atomic mass is 10.0. The van der Waals surface area contributed by atoms with E-state index in [-0.39, 0.29) is 0 Å². The summed E-state index contributed by atoms with van der Waals surface area (Å²) in [6, 6.07) is 0. The van der Waals surface area contributed by atoms with Gasteiger partial charge in [-0.05, 0) is 12.8 Å². The van der Waals surface area contributed by atoms with E-state index in [0.717, 1.165) is 0 Å². The summed E-state index contributed by atoms with van der Waals surface area (Å²) in [4.78, 5) is 0. The van der Waals surface area contributed by atoms with Gasteiger partial charge in [0.05, 0.1) is 24.4 Å². The molecule has 0 aromatic rings. The SMILES string of the molecule is C1CC2CC3OC1CC3O2. The molecule has 4 unspecified atom stereocenters. The van der Waals surface area contributed by atoms with Crippen LogP contribution < -0.4 is 0 Å². The van der Waals surface area contributed by atoms with Crippen LogP contribution in [0.3, 0.4) is 0 Å². The van der Waals surface area contributed by atoms with Crippen molar-refractivity contribution in [3.63, 3.8) is 0 Å². The Morgan fingerprint density at radius 1 is 0.800 bits per heavy atom. The molecule has 2 nitrogen and oxygen atoms in total. The summed E-state index contributed by atoms with van der Waals surface area (Å²) in [6.07, 6.45) is 6.83. The van der Waals surface area contributed by atoms with Gasteiger partial charge in [0.25, 0.3) is 0 Å². The van der Waals surface area contributed by atoms with Gasteiger partial charge in [-0.25, -0.2) is 0 Å². The summed E-state index contributed by atoms with van der Waals surface area (Å²) in [5.74, 6) is 0. The Labute approximate surface area is 60.5 Å². The molecule has 4 saturated heterocycles. The average molecular weight is 140 g/mol. The van der Waals surface area contributed by atoms with Gasteiger partial charge in [-0.2, -0.15) is 0 Å². The van der Waals surface area contributed by atoms with Crippen LogP contribution in [-0.2, 0) is 9.47 Å². The average Bonchev–Trinajstić information content (AvgIpc) is 2.15. The summed E-state index contributed by atoms with van der Waals surface area (Å²) >= 11 is 0. The fourth-order valence-corrected chi connectivity index (χ4v) is 2.46. The first-order valence-corrected chi connectivity index (χ1v) is 4.23. The molecule has 10 heavy (non-hydrogen) atoms. The van der Waals surface area contributed by atoms with Crippen molar-refractivity contribution in [3.8, 4) is 0 Å². The van der Waals surface area contributed by atoms with Crippen LogP contribution in [0.5, 0.6) is 0 Å². The second-order valence-electron chi connectivity index (χ2n) is 3.64. The molecule has 4 bridgehead atoms. The summed E-state index contributed by atoms with van der Waals surface area (Å²) in [5.41, 5.74) is 0. The number of hydrogen-bond acceptors (Lipinski definition) is 2. The third kappa shape index (κ3) is 0.611. The van der Waals surface area contributed by atoms with E-state index in [1.807, 2.05) is 0 Å². The highest BCUT2D eigenvalue weighted by Crippen LogP contribution is 2.40. The van der Waals surface area contributed by atoms with Crippen molar-refractivity contribution in [2.75, 3.05) is 0 Å². The Bertz CT molecular complexity index is 127. The van der Waals surface area contributed by atoms with Crippen molar-refractivity contribution in [1.29, 1.82) is 0 Å². The number of ether oxygens (including phenoxy) is 2. The van der Waals surface area contributed by atoms with Gasteiger partial charge in [0, 0.05) is 12.8 Å². The zero-order valence-electron chi connectivity index (χ0n) is 5.95. The lowest BCUT2D eigenvalue weighted by molar-refractivity contribution is 0.0109. The highest BCUT2D eigenvalue weighted by atomic mass is 16.6. The van der Waals surface area contributed by atoms with Gasteiger partial charge in [0.1, 0.15) is 0 Å². The Balaban J connectivity index is 1.96. The minimum atomic E-state index is 0.470. The molecule has 4 rings (SSSR count). The topological polar surface area (TPSA) is 18.5 Å². The van der Waals surface area contributed by atoms with E-state index in [1.165, 1.54) is 25.7 Å². The molecular weight excluding hydrogens is 128 g/mol. The fourth-order valence-electron chi connectivity index (χ4n) is 2.46. The Morgan fingerprint density at radius 2 is 1.30 bits per heavy atom. The Hall–Kier alpha value is -0.0800. The maximum atomic E-state index is 5.75. The summed E-state index contributed by atoms with van der Waals surface area (Å²) in [5, 5.41) is 0. The molecule has 4 aliphatic rings. The van der Waals surface area contributed by atoms with Gasteiger partial charge in [0.15, 0.2) is 0 Å². The van der Waals surface area contributed by atoms with Crippen molar-refractivity contribution in [2.24, 2.45) is 0 Å². The van der Waals surface area contributed by atoms with Crippen LogP contribution in [0.4, 0.5) is 0 Å². The Morgan fingerprint density at radius 3 is 1.80 bits per heavy atom. The van der Waals surface area contributed by atoms with Gasteiger partial charge < -0.3 is 9.47 Å². The van der Waals surface area contributed by atoms with E-state index in [2.05, 4.69) is 0 Å². The molecule has 4 atom stereocenters. The van der Waals surface area contributed by atoms with Crippen molar-refractivity contribution in [1.82, 2.24) is 0 Å². The van der Waals surface area contributed by atoms with Crippen molar-refractivity contribution >= 4 is 0 Å². The minimum absolute atomic E-state index is 0.470. The van der Waals surface area contributed by atoms with E-state index in [1.54, 1.807) is 0 Å². The maximum Gasteiger partial charge on any atom is 0.0866 e. The fraction of sp³-hybridized carbons (Fsp3) is 1.00. The molecule has 0 saturated carbocycles. The first-order chi connectivity index (χ1) is 4.92. The summed E-state index contributed by atoms with van der Waals surface area (Å²) < 4.78 is 11.5. The van der Waals surface area contributed by atoms with E-state index >= 15 is 0 Å². The zero-order valence-corrected chi connectivity index (χ0v) is 5.95. The molecule has 0 aromatic carbocycles. The first-order valence-electron chi connectivity index (χ1n) is 4.23. The van der Waals surface area contributed by atoms with Gasteiger partial charge >= 0.3 is 0 Å². The first kappa shape index (κ1) is 5.56. The second-order valence-corrected chi connectivity index (χ2v) is 3.64. The molecule has 0 aliphatic carbocycles. The van der Waals surface area contributed by atoms with Crippen molar-refractivity contribution in [2.45, 2.75) is 50.1 Å². The molecule has 0 N–H and O–H groups in total. The van der Waals surface area contributed by atoms with Gasteiger partial charge in [-0.1, -0.05) is 0 Å². The monoisotopic (exact) mass is 140 g/mol. The van der Waals surface area contributed by atoms with Crippen LogP contribution in [0.1, 0.15) is 25.7 Å². The largest absolute Gasteiger partial charge is 0.372 e. The van der Waals surface area contributed by atoms with Crippen LogP contribution in [0.25, 0.3) is 0 Å². The van der Waals surface area contributed by atoms with E-state index in [9.17, 15) is 0 Å². The summed E-state index contributed by atoms with van der Waals surface area (Å²) in [6.45, 7) is 0. The van der Waals surface area contributed by atoms with Gasteiger partial charge in [-0.15, -0.1) is 0 Å². The van der Waals surface area contributed by atoms with E-state index in [0.29, 0.717) is 24.4 Å². The van der Waals surface area contributed by atoms with Gasteiger partial charge in [0.2, 0.25) is 0 Å². The molecule has 0 amide bonds. The standard InChI is InChI=1S/C8H12O2/c1-2-6-4-8-7(10-6)3-5(1)9-8/h5-8H,1-4H2. The summed E-state index contributed by atoms with van der Waals surface area (Å²) in [7, 11) is 0. The van der Waals surface area contributed by atoms with E-state index in [4.69, 9.17) is 9.47 Å². The highest BCUT2D eigenvalue weighted by Gasteiger charge is 2.46. The molecule has 4 aliphatic heterocycles. The predicted molar refractivity (Wildman–Crippen MR) is 35.8 cm³/mol. The molecule has 0 radical (unpaired) electrons. The lowest BCUT2D eigenvalue weighted by Crippen LogP contribution is -2.14. The van der Waals surface area contributed by atoms with Crippen molar-refractivity contribution in [3.05, 3.63) is 0 Å². The molecular formula is C8H12O2. The smallest absolute Gasteiger partial charge is 0.0866 e. The normalized spacial score (nSPS) is 57.6. The number of fused-ring (bicyclic) bond motifs is 1. The maximum absolute atomic E-state index is 5.75. The molecule has 0 spiro atoms. The third-order valence-corrected chi connectivity index (χ3v) is 2.95. The van der Waals surface area contributed by atoms with E-state index < -0.39 is 0 Å². The van der Waals surface area contributed by atoms with Crippen LogP contribution in [0, 0.1) is 0 Å². The van der Waals surface area contributed by atoms with Gasteiger partial charge in [-0.3, -0.25) is 0 Å². The molecule has 4 fully saturated rings. The predicted octanol–water partition coefficient (Wildman–Crippen LogP) is 1.10. The van der Waals surface area contributed by atoms with Crippen LogP contribution in [0.2, 0.25) is 0 Å².